The lowest BCUT2D eigenvalue weighted by molar-refractivity contribution is 0.0953. The van der Waals surface area contributed by atoms with Crippen LogP contribution in [-0.2, 0) is 0 Å². The van der Waals surface area contributed by atoms with Crippen molar-refractivity contribution in [2.45, 2.75) is 19.4 Å². The molecule has 0 bridgehead atoms. The van der Waals surface area contributed by atoms with Crippen LogP contribution in [0.25, 0.3) is 0 Å². The SMILES string of the molecule is CC1CC1NC(=O)c1ccc(C#CCO)s1. The zero-order valence-electron chi connectivity index (χ0n) is 8.99. The van der Waals surface area contributed by atoms with Crippen LogP contribution >= 0.6 is 11.3 Å². The van der Waals surface area contributed by atoms with Crippen LogP contribution in [0.4, 0.5) is 0 Å². The van der Waals surface area contributed by atoms with Gasteiger partial charge in [-0.2, -0.15) is 0 Å². The molecule has 2 rings (SSSR count). The summed E-state index contributed by atoms with van der Waals surface area (Å²) >= 11 is 1.36. The van der Waals surface area contributed by atoms with Crippen molar-refractivity contribution in [2.24, 2.45) is 5.92 Å². The molecular weight excluding hydrogens is 222 g/mol. The highest BCUT2D eigenvalue weighted by molar-refractivity contribution is 7.14. The van der Waals surface area contributed by atoms with Gasteiger partial charge < -0.3 is 10.4 Å². The van der Waals surface area contributed by atoms with E-state index in [-0.39, 0.29) is 12.5 Å². The third kappa shape index (κ3) is 2.63. The molecular formula is C12H13NO2S. The molecule has 1 aliphatic carbocycles. The van der Waals surface area contributed by atoms with Crippen LogP contribution in [0.3, 0.4) is 0 Å². The zero-order valence-corrected chi connectivity index (χ0v) is 9.80. The van der Waals surface area contributed by atoms with Crippen LogP contribution in [0.15, 0.2) is 12.1 Å². The van der Waals surface area contributed by atoms with E-state index in [1.807, 2.05) is 0 Å². The molecule has 1 heterocycles. The first-order chi connectivity index (χ1) is 7.70. The Balaban J connectivity index is 1.98. The zero-order chi connectivity index (χ0) is 11.5. The summed E-state index contributed by atoms with van der Waals surface area (Å²) < 4.78 is 0. The number of nitrogens with one attached hydrogen (secondary N) is 1. The Morgan fingerprint density at radius 1 is 1.69 bits per heavy atom. The van der Waals surface area contributed by atoms with Crippen LogP contribution in [0.1, 0.15) is 27.9 Å². The number of aliphatic hydroxyl groups excluding tert-OH is 1. The predicted molar refractivity (Wildman–Crippen MR) is 63.3 cm³/mol. The Morgan fingerprint density at radius 2 is 2.44 bits per heavy atom. The highest BCUT2D eigenvalue weighted by Crippen LogP contribution is 2.29. The van der Waals surface area contributed by atoms with Crippen LogP contribution in [0, 0.1) is 17.8 Å². The Labute approximate surface area is 98.5 Å². The number of rotatable bonds is 2. The summed E-state index contributed by atoms with van der Waals surface area (Å²) in [5, 5.41) is 11.5. The normalized spacial score (nSPS) is 22.1. The van der Waals surface area contributed by atoms with E-state index >= 15 is 0 Å². The van der Waals surface area contributed by atoms with Crippen molar-refractivity contribution in [3.63, 3.8) is 0 Å². The fourth-order valence-electron chi connectivity index (χ4n) is 1.42. The molecule has 0 aromatic carbocycles. The first kappa shape index (κ1) is 11.2. The van der Waals surface area contributed by atoms with Crippen molar-refractivity contribution in [2.75, 3.05) is 6.61 Å². The predicted octanol–water partition coefficient (Wildman–Crippen LogP) is 1.23. The molecule has 1 aromatic heterocycles. The Morgan fingerprint density at radius 3 is 3.06 bits per heavy atom. The summed E-state index contributed by atoms with van der Waals surface area (Å²) in [7, 11) is 0. The molecule has 1 saturated carbocycles. The minimum absolute atomic E-state index is 0.0172. The van der Waals surface area contributed by atoms with Crippen molar-refractivity contribution >= 4 is 17.2 Å². The monoisotopic (exact) mass is 235 g/mol. The van der Waals surface area contributed by atoms with Gasteiger partial charge in [0.15, 0.2) is 0 Å². The number of carbonyl (C=O) groups is 1. The molecule has 2 atom stereocenters. The first-order valence-corrected chi connectivity index (χ1v) is 6.03. The molecule has 3 nitrogen and oxygen atoms in total. The maximum absolute atomic E-state index is 11.7. The summed E-state index contributed by atoms with van der Waals surface area (Å²) in [6.07, 6.45) is 1.08. The average Bonchev–Trinajstić information content (AvgIpc) is 2.81. The van der Waals surface area contributed by atoms with E-state index in [0.29, 0.717) is 16.8 Å². The molecule has 1 amide bonds. The summed E-state index contributed by atoms with van der Waals surface area (Å²) in [6, 6.07) is 3.93. The van der Waals surface area contributed by atoms with E-state index in [1.54, 1.807) is 12.1 Å². The second-order valence-electron chi connectivity index (χ2n) is 3.92. The molecule has 0 saturated heterocycles. The molecule has 0 spiro atoms. The van der Waals surface area contributed by atoms with Crippen LogP contribution < -0.4 is 5.32 Å². The van der Waals surface area contributed by atoms with Gasteiger partial charge >= 0.3 is 0 Å². The average molecular weight is 235 g/mol. The quantitative estimate of drug-likeness (QED) is 0.757. The first-order valence-electron chi connectivity index (χ1n) is 5.21. The van der Waals surface area contributed by atoms with Gasteiger partial charge in [-0.3, -0.25) is 4.79 Å². The minimum atomic E-state index is -0.154. The number of amides is 1. The van der Waals surface area contributed by atoms with E-state index in [2.05, 4.69) is 24.1 Å². The second-order valence-corrected chi connectivity index (χ2v) is 5.00. The van der Waals surface area contributed by atoms with Gasteiger partial charge in [-0.1, -0.05) is 18.8 Å². The fraction of sp³-hybridized carbons (Fsp3) is 0.417. The highest BCUT2D eigenvalue weighted by Gasteiger charge is 2.34. The number of hydrogen-bond donors (Lipinski definition) is 2. The largest absolute Gasteiger partial charge is 0.384 e. The third-order valence-electron chi connectivity index (χ3n) is 2.55. The van der Waals surface area contributed by atoms with Crippen molar-refractivity contribution in [3.05, 3.63) is 21.9 Å². The molecule has 1 aliphatic rings. The van der Waals surface area contributed by atoms with Gasteiger partial charge in [-0.15, -0.1) is 11.3 Å². The summed E-state index contributed by atoms with van der Waals surface area (Å²) in [6.45, 7) is 1.97. The lowest BCUT2D eigenvalue weighted by Crippen LogP contribution is -2.25. The number of carbonyl (C=O) groups excluding carboxylic acids is 1. The topological polar surface area (TPSA) is 49.3 Å². The van der Waals surface area contributed by atoms with Gasteiger partial charge in [-0.05, 0) is 24.5 Å². The molecule has 2 N–H and O–H groups in total. The van der Waals surface area contributed by atoms with Crippen molar-refractivity contribution in [1.82, 2.24) is 5.32 Å². The second kappa shape index (κ2) is 4.69. The fourth-order valence-corrected chi connectivity index (χ4v) is 2.20. The van der Waals surface area contributed by atoms with Gasteiger partial charge in [0, 0.05) is 6.04 Å². The number of thiophene rings is 1. The van der Waals surface area contributed by atoms with E-state index in [1.165, 1.54) is 11.3 Å². The van der Waals surface area contributed by atoms with Gasteiger partial charge in [0.05, 0.1) is 9.75 Å². The van der Waals surface area contributed by atoms with Gasteiger partial charge in [0.2, 0.25) is 0 Å². The van der Waals surface area contributed by atoms with Crippen molar-refractivity contribution in [3.8, 4) is 11.8 Å². The van der Waals surface area contributed by atoms with Crippen molar-refractivity contribution < 1.29 is 9.90 Å². The molecule has 1 fully saturated rings. The van der Waals surface area contributed by atoms with E-state index < -0.39 is 0 Å². The maximum atomic E-state index is 11.7. The van der Waals surface area contributed by atoms with Crippen LogP contribution in [0.5, 0.6) is 0 Å². The number of hydrogen-bond acceptors (Lipinski definition) is 3. The van der Waals surface area contributed by atoms with Gasteiger partial charge in [0.25, 0.3) is 5.91 Å². The molecule has 0 radical (unpaired) electrons. The Bertz CT molecular complexity index is 455. The summed E-state index contributed by atoms with van der Waals surface area (Å²) in [5.41, 5.74) is 0. The molecule has 16 heavy (non-hydrogen) atoms. The third-order valence-corrected chi connectivity index (χ3v) is 3.55. The van der Waals surface area contributed by atoms with Gasteiger partial charge in [0.1, 0.15) is 6.61 Å². The summed E-state index contributed by atoms with van der Waals surface area (Å²) in [5.74, 6) is 5.94. The maximum Gasteiger partial charge on any atom is 0.261 e. The van der Waals surface area contributed by atoms with E-state index in [9.17, 15) is 4.79 Å². The minimum Gasteiger partial charge on any atom is -0.384 e. The number of aliphatic hydroxyl groups is 1. The van der Waals surface area contributed by atoms with Crippen molar-refractivity contribution in [1.29, 1.82) is 0 Å². The van der Waals surface area contributed by atoms with Crippen LogP contribution in [0.2, 0.25) is 0 Å². The molecule has 4 heteroatoms. The lowest BCUT2D eigenvalue weighted by atomic mass is 10.4. The van der Waals surface area contributed by atoms with Gasteiger partial charge in [-0.25, -0.2) is 0 Å². The molecule has 84 valence electrons. The molecule has 1 aromatic rings. The molecule has 2 unspecified atom stereocenters. The lowest BCUT2D eigenvalue weighted by Gasteiger charge is -1.99. The molecule has 0 aliphatic heterocycles. The standard InChI is InChI=1S/C12H13NO2S/c1-8-7-10(8)13-12(15)11-5-4-9(16-11)3-2-6-14/h4-5,8,10,14H,6-7H2,1H3,(H,13,15). The van der Waals surface area contributed by atoms with E-state index in [0.717, 1.165) is 11.3 Å². The summed E-state index contributed by atoms with van der Waals surface area (Å²) in [4.78, 5) is 13.2. The Hall–Kier alpha value is -1.31. The van der Waals surface area contributed by atoms with Crippen LogP contribution in [-0.4, -0.2) is 23.7 Å². The highest BCUT2D eigenvalue weighted by atomic mass is 32.1. The smallest absolute Gasteiger partial charge is 0.261 e. The van der Waals surface area contributed by atoms with E-state index in [4.69, 9.17) is 5.11 Å². The Kier molecular flexibility index (Phi) is 3.28.